The fraction of sp³-hybridized carbons (Fsp3) is 0.500. The second-order valence-electron chi connectivity index (χ2n) is 4.68. The number of aliphatic hydroxyl groups excluding tert-OH is 1. The number of carbonyl (C=O) groups excluding carboxylic acids is 1. The fourth-order valence-electron chi connectivity index (χ4n) is 2.11. The van der Waals surface area contributed by atoms with Gasteiger partial charge in [0.1, 0.15) is 12.4 Å². The SMILES string of the molecule is CCOC(=O)[C@H](O)COc1ccc2c(c1)CN(C)C2. The van der Waals surface area contributed by atoms with E-state index in [0.29, 0.717) is 5.75 Å². The minimum absolute atomic E-state index is 0.0898. The Morgan fingerprint density at radius 2 is 2.16 bits per heavy atom. The molecule has 1 heterocycles. The lowest BCUT2D eigenvalue weighted by atomic mass is 10.1. The van der Waals surface area contributed by atoms with Crippen molar-refractivity contribution in [3.8, 4) is 5.75 Å². The Hall–Kier alpha value is -1.59. The molecule has 0 radical (unpaired) electrons. The summed E-state index contributed by atoms with van der Waals surface area (Å²) in [6.07, 6.45) is -1.24. The molecule has 0 fully saturated rings. The van der Waals surface area contributed by atoms with Gasteiger partial charge in [0.25, 0.3) is 0 Å². The fourth-order valence-corrected chi connectivity index (χ4v) is 2.11. The minimum Gasteiger partial charge on any atom is -0.490 e. The molecule has 0 bridgehead atoms. The summed E-state index contributed by atoms with van der Waals surface area (Å²) in [6.45, 7) is 3.70. The first-order valence-corrected chi connectivity index (χ1v) is 6.38. The van der Waals surface area contributed by atoms with Crippen molar-refractivity contribution in [2.75, 3.05) is 20.3 Å². The third-order valence-electron chi connectivity index (χ3n) is 3.02. The Labute approximate surface area is 112 Å². The van der Waals surface area contributed by atoms with Crippen LogP contribution < -0.4 is 4.74 Å². The summed E-state index contributed by atoms with van der Waals surface area (Å²) >= 11 is 0. The molecule has 0 amide bonds. The molecule has 1 aliphatic heterocycles. The Morgan fingerprint density at radius 3 is 2.89 bits per heavy atom. The summed E-state index contributed by atoms with van der Waals surface area (Å²) in [6, 6.07) is 5.83. The molecule has 1 aliphatic rings. The van der Waals surface area contributed by atoms with E-state index in [1.807, 2.05) is 18.2 Å². The number of rotatable bonds is 5. The maximum atomic E-state index is 11.2. The molecule has 0 saturated heterocycles. The van der Waals surface area contributed by atoms with Crippen molar-refractivity contribution in [3.63, 3.8) is 0 Å². The van der Waals surface area contributed by atoms with E-state index < -0.39 is 12.1 Å². The quantitative estimate of drug-likeness (QED) is 0.803. The van der Waals surface area contributed by atoms with Crippen LogP contribution in [0.1, 0.15) is 18.1 Å². The van der Waals surface area contributed by atoms with E-state index in [1.54, 1.807) is 6.92 Å². The van der Waals surface area contributed by atoms with Gasteiger partial charge in [-0.25, -0.2) is 4.79 Å². The summed E-state index contributed by atoms with van der Waals surface area (Å²) in [7, 11) is 2.06. The number of aliphatic hydroxyl groups is 1. The number of hydrogen-bond donors (Lipinski definition) is 1. The van der Waals surface area contributed by atoms with Gasteiger partial charge in [-0.05, 0) is 37.2 Å². The van der Waals surface area contributed by atoms with Gasteiger partial charge in [-0.2, -0.15) is 0 Å². The number of esters is 1. The van der Waals surface area contributed by atoms with Crippen molar-refractivity contribution in [3.05, 3.63) is 29.3 Å². The highest BCUT2D eigenvalue weighted by atomic mass is 16.6. The number of fused-ring (bicyclic) bond motifs is 1. The van der Waals surface area contributed by atoms with E-state index >= 15 is 0 Å². The summed E-state index contributed by atoms with van der Waals surface area (Å²) in [5, 5.41) is 9.54. The summed E-state index contributed by atoms with van der Waals surface area (Å²) in [5.74, 6) is 0.0146. The van der Waals surface area contributed by atoms with Crippen LogP contribution in [0, 0.1) is 0 Å². The zero-order valence-corrected chi connectivity index (χ0v) is 11.3. The molecule has 0 unspecified atom stereocenters. The van der Waals surface area contributed by atoms with Gasteiger partial charge < -0.3 is 14.6 Å². The van der Waals surface area contributed by atoms with Gasteiger partial charge in [-0.1, -0.05) is 6.07 Å². The van der Waals surface area contributed by atoms with E-state index in [0.717, 1.165) is 13.1 Å². The molecule has 1 aromatic carbocycles. The monoisotopic (exact) mass is 265 g/mol. The van der Waals surface area contributed by atoms with Crippen molar-refractivity contribution >= 4 is 5.97 Å². The highest BCUT2D eigenvalue weighted by Gasteiger charge is 2.18. The Bertz CT molecular complexity index is 461. The highest BCUT2D eigenvalue weighted by molar-refractivity contribution is 5.74. The maximum Gasteiger partial charge on any atom is 0.338 e. The van der Waals surface area contributed by atoms with E-state index in [1.165, 1.54) is 11.1 Å². The topological polar surface area (TPSA) is 59.0 Å². The van der Waals surface area contributed by atoms with E-state index in [2.05, 4.69) is 11.9 Å². The molecular weight excluding hydrogens is 246 g/mol. The molecular formula is C14H19NO4. The van der Waals surface area contributed by atoms with Gasteiger partial charge in [0, 0.05) is 13.1 Å². The van der Waals surface area contributed by atoms with E-state index in [4.69, 9.17) is 9.47 Å². The standard InChI is InChI=1S/C14H19NO4/c1-3-18-14(17)13(16)9-19-12-5-4-10-7-15(2)8-11(10)6-12/h4-6,13,16H,3,7-9H2,1-2H3/t13-/m1/s1. The first-order valence-electron chi connectivity index (χ1n) is 6.38. The second kappa shape index (κ2) is 6.04. The van der Waals surface area contributed by atoms with Crippen LogP contribution in [0.25, 0.3) is 0 Å². The van der Waals surface area contributed by atoms with E-state index in [-0.39, 0.29) is 13.2 Å². The van der Waals surface area contributed by atoms with Crippen molar-refractivity contribution < 1.29 is 19.4 Å². The maximum absolute atomic E-state index is 11.2. The molecule has 0 aromatic heterocycles. The van der Waals surface area contributed by atoms with Crippen molar-refractivity contribution in [2.45, 2.75) is 26.1 Å². The lowest BCUT2D eigenvalue weighted by molar-refractivity contribution is -0.154. The Morgan fingerprint density at radius 1 is 1.42 bits per heavy atom. The van der Waals surface area contributed by atoms with Crippen LogP contribution in [0.5, 0.6) is 5.75 Å². The lowest BCUT2D eigenvalue weighted by Crippen LogP contribution is -2.29. The molecule has 0 saturated carbocycles. The van der Waals surface area contributed by atoms with Crippen molar-refractivity contribution in [2.24, 2.45) is 0 Å². The average Bonchev–Trinajstić information content (AvgIpc) is 2.75. The molecule has 1 N–H and O–H groups in total. The zero-order chi connectivity index (χ0) is 13.8. The smallest absolute Gasteiger partial charge is 0.338 e. The Balaban J connectivity index is 1.90. The van der Waals surface area contributed by atoms with Crippen LogP contribution in [0.2, 0.25) is 0 Å². The van der Waals surface area contributed by atoms with Gasteiger partial charge >= 0.3 is 5.97 Å². The first kappa shape index (κ1) is 13.8. The molecule has 5 heteroatoms. The first-order chi connectivity index (χ1) is 9.10. The third-order valence-corrected chi connectivity index (χ3v) is 3.02. The predicted octanol–water partition coefficient (Wildman–Crippen LogP) is 0.935. The molecule has 1 atom stereocenters. The highest BCUT2D eigenvalue weighted by Crippen LogP contribution is 2.25. The normalized spacial score (nSPS) is 15.9. The zero-order valence-electron chi connectivity index (χ0n) is 11.3. The lowest BCUT2D eigenvalue weighted by Gasteiger charge is -2.12. The van der Waals surface area contributed by atoms with Crippen LogP contribution in [0.3, 0.4) is 0 Å². The molecule has 19 heavy (non-hydrogen) atoms. The molecule has 2 rings (SSSR count). The molecule has 5 nitrogen and oxygen atoms in total. The second-order valence-corrected chi connectivity index (χ2v) is 4.68. The minimum atomic E-state index is -1.24. The van der Waals surface area contributed by atoms with Crippen LogP contribution in [0.15, 0.2) is 18.2 Å². The summed E-state index contributed by atoms with van der Waals surface area (Å²) < 4.78 is 10.1. The van der Waals surface area contributed by atoms with Crippen LogP contribution in [0.4, 0.5) is 0 Å². The number of benzene rings is 1. The summed E-state index contributed by atoms with van der Waals surface area (Å²) in [5.41, 5.74) is 2.52. The Kier molecular flexibility index (Phi) is 4.39. The largest absolute Gasteiger partial charge is 0.490 e. The molecule has 0 aliphatic carbocycles. The van der Waals surface area contributed by atoms with Crippen LogP contribution >= 0.6 is 0 Å². The molecule has 1 aromatic rings. The van der Waals surface area contributed by atoms with Crippen molar-refractivity contribution in [1.82, 2.24) is 4.90 Å². The molecule has 104 valence electrons. The van der Waals surface area contributed by atoms with Crippen LogP contribution in [-0.2, 0) is 22.6 Å². The number of carbonyl (C=O) groups is 1. The number of nitrogens with zero attached hydrogens (tertiary/aromatic N) is 1. The van der Waals surface area contributed by atoms with Gasteiger partial charge in [0.2, 0.25) is 0 Å². The number of hydrogen-bond acceptors (Lipinski definition) is 5. The van der Waals surface area contributed by atoms with E-state index in [9.17, 15) is 9.90 Å². The van der Waals surface area contributed by atoms with Gasteiger partial charge in [-0.15, -0.1) is 0 Å². The van der Waals surface area contributed by atoms with Gasteiger partial charge in [0.15, 0.2) is 6.10 Å². The average molecular weight is 265 g/mol. The number of ether oxygens (including phenoxy) is 2. The predicted molar refractivity (Wildman–Crippen MR) is 69.7 cm³/mol. The van der Waals surface area contributed by atoms with Gasteiger partial charge in [0.05, 0.1) is 6.61 Å². The summed E-state index contributed by atoms with van der Waals surface area (Å²) in [4.78, 5) is 13.4. The van der Waals surface area contributed by atoms with Gasteiger partial charge in [-0.3, -0.25) is 4.90 Å². The van der Waals surface area contributed by atoms with Crippen LogP contribution in [-0.4, -0.2) is 42.3 Å². The van der Waals surface area contributed by atoms with Crippen molar-refractivity contribution in [1.29, 1.82) is 0 Å². The molecule has 0 spiro atoms. The third kappa shape index (κ3) is 3.45.